The first-order valence-corrected chi connectivity index (χ1v) is 13.5. The lowest BCUT2D eigenvalue weighted by Crippen LogP contribution is -2.41. The van der Waals surface area contributed by atoms with Crippen molar-refractivity contribution in [1.29, 1.82) is 0 Å². The Kier molecular flexibility index (Phi) is 10.3. The van der Waals surface area contributed by atoms with Crippen molar-refractivity contribution in [1.82, 2.24) is 5.32 Å². The zero-order valence-corrected chi connectivity index (χ0v) is 21.2. The fourth-order valence-electron chi connectivity index (χ4n) is 3.45. The number of sulfonamides is 1. The molecule has 198 valence electrons. The fourth-order valence-corrected chi connectivity index (χ4v) is 4.00. The summed E-state index contributed by atoms with van der Waals surface area (Å²) in [6.45, 7) is 0.288. The molecule has 0 unspecified atom stereocenters. The molecule has 0 heterocycles. The van der Waals surface area contributed by atoms with E-state index in [2.05, 4.69) is 20.7 Å². The molecule has 0 saturated carbocycles. The van der Waals surface area contributed by atoms with Gasteiger partial charge in [0.2, 0.25) is 10.0 Å². The van der Waals surface area contributed by atoms with E-state index in [9.17, 15) is 23.4 Å². The Morgan fingerprint density at radius 3 is 2.27 bits per heavy atom. The Morgan fingerprint density at radius 2 is 1.59 bits per heavy atom. The fraction of sp³-hybridized carbons (Fsp3) is 0.269. The van der Waals surface area contributed by atoms with Crippen LogP contribution in [0.25, 0.3) is 0 Å². The van der Waals surface area contributed by atoms with Gasteiger partial charge in [-0.3, -0.25) is 4.72 Å². The zero-order valence-electron chi connectivity index (χ0n) is 20.4. The van der Waals surface area contributed by atoms with Crippen molar-refractivity contribution in [2.24, 2.45) is 0 Å². The standard InChI is InChI=1S/C26H32N4O6S/c1-37(34,35)30-22-7-5-6-21(15-22)29-26(33)28-20-12-10-19(11-13-20)14-23(17-31)27-16-24(32)18-36-25-8-3-2-4-9-25/h2-13,15,23-24,27,30-32H,14,16-18H2,1H3,(H2,28,29,33)/t23-,24-/m0/s1. The lowest BCUT2D eigenvalue weighted by Gasteiger charge is -2.19. The molecule has 6 N–H and O–H groups in total. The highest BCUT2D eigenvalue weighted by Crippen LogP contribution is 2.17. The molecule has 37 heavy (non-hydrogen) atoms. The first-order chi connectivity index (χ1) is 17.7. The number of aliphatic hydroxyl groups is 2. The van der Waals surface area contributed by atoms with Crippen LogP contribution in [0.3, 0.4) is 0 Å². The van der Waals surface area contributed by atoms with Gasteiger partial charge < -0.3 is 30.9 Å². The van der Waals surface area contributed by atoms with E-state index in [0.717, 1.165) is 11.8 Å². The maximum absolute atomic E-state index is 12.3. The van der Waals surface area contributed by atoms with Gasteiger partial charge in [-0.15, -0.1) is 0 Å². The van der Waals surface area contributed by atoms with Crippen molar-refractivity contribution in [3.8, 4) is 5.75 Å². The normalized spacial score (nSPS) is 12.8. The number of carbonyl (C=O) groups is 1. The summed E-state index contributed by atoms with van der Waals surface area (Å²) in [4.78, 5) is 12.3. The number of amides is 2. The number of benzene rings is 3. The van der Waals surface area contributed by atoms with E-state index in [0.29, 0.717) is 29.2 Å². The van der Waals surface area contributed by atoms with E-state index in [1.807, 2.05) is 42.5 Å². The van der Waals surface area contributed by atoms with Gasteiger partial charge in [0.1, 0.15) is 18.5 Å². The van der Waals surface area contributed by atoms with Gasteiger partial charge in [0.25, 0.3) is 0 Å². The molecule has 3 rings (SSSR count). The summed E-state index contributed by atoms with van der Waals surface area (Å²) >= 11 is 0. The third-order valence-electron chi connectivity index (χ3n) is 5.17. The minimum absolute atomic E-state index is 0.109. The summed E-state index contributed by atoms with van der Waals surface area (Å²) in [5.74, 6) is 0.681. The molecule has 0 radical (unpaired) electrons. The van der Waals surface area contributed by atoms with Crippen molar-refractivity contribution in [3.63, 3.8) is 0 Å². The third kappa shape index (κ3) is 10.5. The molecule has 3 aromatic rings. The lowest BCUT2D eigenvalue weighted by molar-refractivity contribution is 0.0997. The molecular formula is C26H32N4O6S. The Labute approximate surface area is 216 Å². The van der Waals surface area contributed by atoms with Crippen LogP contribution in [0.5, 0.6) is 5.75 Å². The van der Waals surface area contributed by atoms with E-state index in [1.165, 1.54) is 6.07 Å². The van der Waals surface area contributed by atoms with E-state index < -0.39 is 22.2 Å². The molecular weight excluding hydrogens is 496 g/mol. The van der Waals surface area contributed by atoms with Crippen molar-refractivity contribution in [2.75, 3.05) is 41.4 Å². The van der Waals surface area contributed by atoms with Crippen LogP contribution in [0.4, 0.5) is 21.9 Å². The zero-order chi connectivity index (χ0) is 26.7. The highest BCUT2D eigenvalue weighted by molar-refractivity contribution is 7.92. The Morgan fingerprint density at radius 1 is 0.919 bits per heavy atom. The average Bonchev–Trinajstić information content (AvgIpc) is 2.86. The van der Waals surface area contributed by atoms with Gasteiger partial charge in [-0.1, -0.05) is 36.4 Å². The second kappa shape index (κ2) is 13.6. The van der Waals surface area contributed by atoms with Gasteiger partial charge in [0.15, 0.2) is 0 Å². The number of carbonyl (C=O) groups excluding carboxylic acids is 1. The molecule has 0 bridgehead atoms. The van der Waals surface area contributed by atoms with Crippen molar-refractivity contribution < 1.29 is 28.2 Å². The molecule has 0 aliphatic carbocycles. The third-order valence-corrected chi connectivity index (χ3v) is 5.77. The summed E-state index contributed by atoms with van der Waals surface area (Å²) in [6.07, 6.45) is 0.839. The molecule has 0 aromatic heterocycles. The Balaban J connectivity index is 1.44. The maximum atomic E-state index is 12.3. The second-order valence-corrected chi connectivity index (χ2v) is 10.2. The van der Waals surface area contributed by atoms with Crippen LogP contribution in [-0.4, -0.2) is 62.8 Å². The molecule has 10 nitrogen and oxygen atoms in total. The molecule has 0 aliphatic rings. The topological polar surface area (TPSA) is 149 Å². The minimum atomic E-state index is -3.42. The van der Waals surface area contributed by atoms with Gasteiger partial charge >= 0.3 is 6.03 Å². The molecule has 11 heteroatoms. The van der Waals surface area contributed by atoms with Crippen LogP contribution in [0, 0.1) is 0 Å². The molecule has 0 spiro atoms. The summed E-state index contributed by atoms with van der Waals surface area (Å²) in [5.41, 5.74) is 2.27. The number of hydrogen-bond acceptors (Lipinski definition) is 7. The van der Waals surface area contributed by atoms with Gasteiger partial charge in [-0.2, -0.15) is 0 Å². The molecule has 0 aliphatic heterocycles. The summed E-state index contributed by atoms with van der Waals surface area (Å²) in [7, 11) is -3.42. The first-order valence-electron chi connectivity index (χ1n) is 11.6. The number of nitrogens with one attached hydrogen (secondary N) is 4. The predicted octanol–water partition coefficient (Wildman–Crippen LogP) is 2.63. The number of rotatable bonds is 13. The first kappa shape index (κ1) is 27.9. The average molecular weight is 529 g/mol. The number of aliphatic hydroxyl groups excluding tert-OH is 2. The minimum Gasteiger partial charge on any atom is -0.491 e. The van der Waals surface area contributed by atoms with Crippen LogP contribution in [0.15, 0.2) is 78.9 Å². The van der Waals surface area contributed by atoms with Crippen LogP contribution in [0.1, 0.15) is 5.56 Å². The highest BCUT2D eigenvalue weighted by Gasteiger charge is 2.12. The molecule has 2 atom stereocenters. The molecule has 0 fully saturated rings. The van der Waals surface area contributed by atoms with Crippen LogP contribution in [0.2, 0.25) is 0 Å². The van der Waals surface area contributed by atoms with Gasteiger partial charge in [-0.05, 0) is 54.4 Å². The summed E-state index contributed by atoms with van der Waals surface area (Å²) < 4.78 is 30.7. The predicted molar refractivity (Wildman–Crippen MR) is 145 cm³/mol. The number of hydrogen-bond donors (Lipinski definition) is 6. The van der Waals surface area contributed by atoms with Gasteiger partial charge in [-0.25, -0.2) is 13.2 Å². The van der Waals surface area contributed by atoms with Crippen molar-refractivity contribution in [2.45, 2.75) is 18.6 Å². The van der Waals surface area contributed by atoms with Gasteiger partial charge in [0.05, 0.1) is 18.6 Å². The quantitative estimate of drug-likeness (QED) is 0.200. The van der Waals surface area contributed by atoms with E-state index in [1.54, 1.807) is 30.3 Å². The summed E-state index contributed by atoms with van der Waals surface area (Å²) in [5, 5.41) is 28.4. The Bertz CT molecular complexity index is 1240. The smallest absolute Gasteiger partial charge is 0.323 e. The van der Waals surface area contributed by atoms with Gasteiger partial charge in [0, 0.05) is 24.0 Å². The maximum Gasteiger partial charge on any atom is 0.323 e. The highest BCUT2D eigenvalue weighted by atomic mass is 32.2. The second-order valence-electron chi connectivity index (χ2n) is 8.50. The van der Waals surface area contributed by atoms with Crippen molar-refractivity contribution in [3.05, 3.63) is 84.4 Å². The van der Waals surface area contributed by atoms with E-state index in [-0.39, 0.29) is 25.8 Å². The lowest BCUT2D eigenvalue weighted by atomic mass is 10.1. The molecule has 0 saturated heterocycles. The number of urea groups is 1. The number of anilines is 3. The van der Waals surface area contributed by atoms with E-state index >= 15 is 0 Å². The summed E-state index contributed by atoms with van der Waals surface area (Å²) in [6, 6.07) is 22.0. The largest absolute Gasteiger partial charge is 0.491 e. The number of ether oxygens (including phenoxy) is 1. The van der Waals surface area contributed by atoms with E-state index in [4.69, 9.17) is 4.74 Å². The van der Waals surface area contributed by atoms with Crippen LogP contribution < -0.4 is 25.4 Å². The Hall–Kier alpha value is -3.64. The molecule has 2 amide bonds. The number of para-hydroxylation sites is 1. The van der Waals surface area contributed by atoms with Crippen LogP contribution in [-0.2, 0) is 16.4 Å². The van der Waals surface area contributed by atoms with Crippen LogP contribution >= 0.6 is 0 Å². The van der Waals surface area contributed by atoms with Crippen molar-refractivity contribution >= 4 is 33.1 Å². The monoisotopic (exact) mass is 528 g/mol. The SMILES string of the molecule is CS(=O)(=O)Nc1cccc(NC(=O)Nc2ccc(C[C@@H](CO)NC[C@H](O)COc3ccccc3)cc2)c1. The molecule has 3 aromatic carbocycles.